The fourth-order valence-corrected chi connectivity index (χ4v) is 5.57. The quantitative estimate of drug-likeness (QED) is 0.168. The van der Waals surface area contributed by atoms with E-state index in [9.17, 15) is 4.79 Å². The molecule has 1 aliphatic heterocycles. The molecule has 0 aromatic heterocycles. The SMILES string of the molecule is COc1cccc([C@H]2OC(c3ccc(OCCCO)cc3)=N[C@@]2(Cc2ccccc2)C(=O)NCc2c(OC)cc(OC)cc2OC)c1. The number of aliphatic imine (C=N–C) groups is 1. The largest absolute Gasteiger partial charge is 0.497 e. The second-order valence-electron chi connectivity index (χ2n) is 10.9. The molecule has 47 heavy (non-hydrogen) atoms. The maximum Gasteiger partial charge on any atom is 0.252 e. The van der Waals surface area contributed by atoms with Gasteiger partial charge in [-0.25, -0.2) is 4.99 Å². The lowest BCUT2D eigenvalue weighted by Crippen LogP contribution is -2.49. The Morgan fingerprint density at radius 2 is 1.53 bits per heavy atom. The minimum atomic E-state index is -1.41. The Bertz CT molecular complexity index is 1650. The molecule has 10 heteroatoms. The summed E-state index contributed by atoms with van der Waals surface area (Å²) in [5.74, 6) is 2.85. The molecule has 0 spiro atoms. The van der Waals surface area contributed by atoms with Gasteiger partial charge < -0.3 is 38.8 Å². The zero-order valence-electron chi connectivity index (χ0n) is 27.0. The second kappa shape index (κ2) is 15.4. The number of nitrogens with zero attached hydrogens (tertiary/aromatic N) is 1. The molecule has 0 unspecified atom stereocenters. The topological polar surface area (TPSA) is 117 Å². The summed E-state index contributed by atoms with van der Waals surface area (Å²) >= 11 is 0. The molecular weight excluding hydrogens is 600 g/mol. The van der Waals surface area contributed by atoms with Crippen LogP contribution >= 0.6 is 0 Å². The van der Waals surface area contributed by atoms with Gasteiger partial charge >= 0.3 is 0 Å². The first-order valence-corrected chi connectivity index (χ1v) is 15.3. The molecule has 0 aliphatic carbocycles. The Morgan fingerprint density at radius 3 is 2.17 bits per heavy atom. The van der Waals surface area contributed by atoms with E-state index in [2.05, 4.69) is 5.32 Å². The zero-order valence-corrected chi connectivity index (χ0v) is 27.0. The summed E-state index contributed by atoms with van der Waals surface area (Å²) in [5, 5.41) is 12.2. The second-order valence-corrected chi connectivity index (χ2v) is 10.9. The summed E-state index contributed by atoms with van der Waals surface area (Å²) in [6.07, 6.45) is -0.0110. The number of aliphatic hydroxyl groups is 1. The van der Waals surface area contributed by atoms with Crippen LogP contribution < -0.4 is 29.0 Å². The van der Waals surface area contributed by atoms with Crippen LogP contribution in [0, 0.1) is 0 Å². The lowest BCUT2D eigenvalue weighted by atomic mass is 9.82. The third kappa shape index (κ3) is 7.44. The predicted octanol–water partition coefficient (Wildman–Crippen LogP) is 5.30. The van der Waals surface area contributed by atoms with E-state index in [0.29, 0.717) is 58.8 Å². The van der Waals surface area contributed by atoms with E-state index in [0.717, 1.165) is 11.1 Å². The van der Waals surface area contributed by atoms with Crippen LogP contribution in [-0.4, -0.2) is 64.1 Å². The molecule has 4 aromatic rings. The average Bonchev–Trinajstić information content (AvgIpc) is 3.51. The summed E-state index contributed by atoms with van der Waals surface area (Å²) in [4.78, 5) is 19.8. The fraction of sp³-hybridized carbons (Fsp3) is 0.297. The van der Waals surface area contributed by atoms with E-state index < -0.39 is 11.6 Å². The van der Waals surface area contributed by atoms with Crippen molar-refractivity contribution in [3.63, 3.8) is 0 Å². The molecule has 2 atom stereocenters. The standard InChI is InChI=1S/C37H40N2O8/c1-42-29-13-8-12-27(20-29)34-37(23-25-10-6-5-7-11-25,39-35(47-34)26-14-16-28(17-15-26)46-19-9-18-40)36(41)38-24-31-32(44-3)21-30(43-2)22-33(31)45-4/h5-8,10-17,20-22,34,40H,9,18-19,23-24H2,1-4H3,(H,38,41)/t34-,37-/m1/s1. The van der Waals surface area contributed by atoms with Crippen LogP contribution in [0.4, 0.5) is 0 Å². The van der Waals surface area contributed by atoms with Crippen molar-refractivity contribution in [3.05, 3.63) is 113 Å². The Morgan fingerprint density at radius 1 is 0.830 bits per heavy atom. The van der Waals surface area contributed by atoms with E-state index in [-0.39, 0.29) is 25.5 Å². The highest BCUT2D eigenvalue weighted by molar-refractivity contribution is 6.01. The van der Waals surface area contributed by atoms with Crippen molar-refractivity contribution in [2.45, 2.75) is 31.0 Å². The highest BCUT2D eigenvalue weighted by Gasteiger charge is 2.53. The van der Waals surface area contributed by atoms with Crippen molar-refractivity contribution in [1.82, 2.24) is 5.32 Å². The minimum Gasteiger partial charge on any atom is -0.497 e. The maximum atomic E-state index is 14.7. The van der Waals surface area contributed by atoms with Gasteiger partial charge in [0, 0.05) is 37.1 Å². The van der Waals surface area contributed by atoms with Crippen molar-refractivity contribution < 1.29 is 38.3 Å². The van der Waals surface area contributed by atoms with Gasteiger partial charge in [0.15, 0.2) is 11.6 Å². The lowest BCUT2D eigenvalue weighted by Gasteiger charge is -2.31. The van der Waals surface area contributed by atoms with Gasteiger partial charge in [-0.3, -0.25) is 4.79 Å². The molecule has 1 heterocycles. The van der Waals surface area contributed by atoms with Crippen LogP contribution in [0.1, 0.15) is 34.8 Å². The highest BCUT2D eigenvalue weighted by atomic mass is 16.5. The first-order chi connectivity index (χ1) is 22.9. The van der Waals surface area contributed by atoms with E-state index in [1.807, 2.05) is 78.9 Å². The van der Waals surface area contributed by atoms with Crippen LogP contribution in [-0.2, 0) is 22.5 Å². The van der Waals surface area contributed by atoms with Gasteiger partial charge in [0.25, 0.3) is 5.91 Å². The monoisotopic (exact) mass is 640 g/mol. The Hall–Kier alpha value is -5.22. The minimum absolute atomic E-state index is 0.0535. The van der Waals surface area contributed by atoms with Gasteiger partial charge in [-0.05, 0) is 47.5 Å². The number of carbonyl (C=O) groups excluding carboxylic acids is 1. The molecule has 0 saturated heterocycles. The first-order valence-electron chi connectivity index (χ1n) is 15.3. The summed E-state index contributed by atoms with van der Waals surface area (Å²) < 4.78 is 34.6. The number of ether oxygens (including phenoxy) is 6. The van der Waals surface area contributed by atoms with Crippen LogP contribution in [0.15, 0.2) is 96.0 Å². The molecule has 246 valence electrons. The number of carbonyl (C=O) groups is 1. The Labute approximate surface area is 274 Å². The molecule has 0 radical (unpaired) electrons. The van der Waals surface area contributed by atoms with Crippen LogP contribution in [0.3, 0.4) is 0 Å². The van der Waals surface area contributed by atoms with Gasteiger partial charge in [0.1, 0.15) is 28.7 Å². The lowest BCUT2D eigenvalue weighted by molar-refractivity contribution is -0.129. The summed E-state index contributed by atoms with van der Waals surface area (Å²) in [5.41, 5.74) is 1.58. The number of nitrogens with one attached hydrogen (secondary N) is 1. The van der Waals surface area contributed by atoms with Gasteiger partial charge in [0.05, 0.1) is 47.2 Å². The zero-order chi connectivity index (χ0) is 33.2. The van der Waals surface area contributed by atoms with Gasteiger partial charge in [-0.15, -0.1) is 0 Å². The normalized spacial score (nSPS) is 16.9. The van der Waals surface area contributed by atoms with E-state index in [1.165, 1.54) is 0 Å². The average molecular weight is 641 g/mol. The summed E-state index contributed by atoms with van der Waals surface area (Å²) in [6.45, 7) is 0.550. The number of benzene rings is 4. The number of methoxy groups -OCH3 is 4. The number of amides is 1. The van der Waals surface area contributed by atoms with E-state index in [4.69, 9.17) is 38.5 Å². The van der Waals surface area contributed by atoms with Crippen LogP contribution in [0.25, 0.3) is 0 Å². The van der Waals surface area contributed by atoms with Crippen molar-refractivity contribution in [2.24, 2.45) is 4.99 Å². The number of hydrogen-bond donors (Lipinski definition) is 2. The molecule has 2 N–H and O–H groups in total. The number of aliphatic hydroxyl groups excluding tert-OH is 1. The third-order valence-corrected chi connectivity index (χ3v) is 7.99. The Balaban J connectivity index is 1.58. The molecule has 0 fully saturated rings. The van der Waals surface area contributed by atoms with Gasteiger partial charge in [-0.1, -0.05) is 42.5 Å². The number of rotatable bonds is 15. The molecule has 4 aromatic carbocycles. The van der Waals surface area contributed by atoms with Crippen molar-refractivity contribution in [3.8, 4) is 28.7 Å². The van der Waals surface area contributed by atoms with Crippen LogP contribution in [0.2, 0.25) is 0 Å². The number of hydrogen-bond acceptors (Lipinski definition) is 9. The summed E-state index contributed by atoms with van der Waals surface area (Å²) in [7, 11) is 6.27. The molecule has 1 aliphatic rings. The summed E-state index contributed by atoms with van der Waals surface area (Å²) in [6, 6.07) is 28.1. The smallest absolute Gasteiger partial charge is 0.252 e. The molecule has 0 bridgehead atoms. The molecule has 0 saturated carbocycles. The van der Waals surface area contributed by atoms with Gasteiger partial charge in [0.2, 0.25) is 5.90 Å². The molecule has 1 amide bonds. The van der Waals surface area contributed by atoms with E-state index >= 15 is 0 Å². The fourth-order valence-electron chi connectivity index (χ4n) is 5.57. The molecule has 5 rings (SSSR count). The third-order valence-electron chi connectivity index (χ3n) is 7.99. The first kappa shape index (κ1) is 33.2. The molecule has 10 nitrogen and oxygen atoms in total. The Kier molecular flexibility index (Phi) is 10.8. The highest BCUT2D eigenvalue weighted by Crippen LogP contribution is 2.44. The van der Waals surface area contributed by atoms with Gasteiger partial charge in [-0.2, -0.15) is 0 Å². The maximum absolute atomic E-state index is 14.7. The predicted molar refractivity (Wildman–Crippen MR) is 178 cm³/mol. The van der Waals surface area contributed by atoms with Crippen molar-refractivity contribution >= 4 is 11.8 Å². The van der Waals surface area contributed by atoms with Crippen LogP contribution in [0.5, 0.6) is 28.7 Å². The van der Waals surface area contributed by atoms with Crippen molar-refractivity contribution in [1.29, 1.82) is 0 Å². The van der Waals surface area contributed by atoms with Crippen molar-refractivity contribution in [2.75, 3.05) is 41.7 Å². The van der Waals surface area contributed by atoms with E-state index in [1.54, 1.807) is 40.6 Å². The molecular formula is C37H40N2O8.